The maximum absolute atomic E-state index is 11.6. The van der Waals surface area contributed by atoms with Gasteiger partial charge in [0.1, 0.15) is 11.8 Å². The number of benzene rings is 1. The standard InChI is InChI=1S/C13H15NO6/c15-10-4-2-1-3-8(10)5-6-11(16)14-9(13(19)20)7-12(17)18/h1-4,9,15H,5-7H2,(H,14,16)(H,17,18)(H,19,20)/t9-/m0/s1. The van der Waals surface area contributed by atoms with E-state index in [1.165, 1.54) is 6.07 Å². The third kappa shape index (κ3) is 4.97. The first kappa shape index (κ1) is 15.5. The van der Waals surface area contributed by atoms with Crippen LogP contribution in [0.15, 0.2) is 24.3 Å². The highest BCUT2D eigenvalue weighted by Crippen LogP contribution is 2.17. The summed E-state index contributed by atoms with van der Waals surface area (Å²) >= 11 is 0. The first-order chi connectivity index (χ1) is 9.40. The van der Waals surface area contributed by atoms with Crippen molar-refractivity contribution >= 4 is 17.8 Å². The molecule has 0 saturated heterocycles. The van der Waals surface area contributed by atoms with Crippen molar-refractivity contribution in [2.75, 3.05) is 0 Å². The normalized spacial score (nSPS) is 11.6. The minimum atomic E-state index is -1.45. The molecule has 1 amide bonds. The number of carboxylic acid groups (broad SMARTS) is 2. The van der Waals surface area contributed by atoms with Crippen LogP contribution < -0.4 is 5.32 Å². The largest absolute Gasteiger partial charge is 0.508 e. The highest BCUT2D eigenvalue weighted by Gasteiger charge is 2.22. The summed E-state index contributed by atoms with van der Waals surface area (Å²) in [5, 5.41) is 29.0. The molecule has 0 heterocycles. The first-order valence-corrected chi connectivity index (χ1v) is 5.91. The Bertz CT molecular complexity index is 513. The van der Waals surface area contributed by atoms with Gasteiger partial charge in [0.05, 0.1) is 6.42 Å². The zero-order chi connectivity index (χ0) is 15.1. The fourth-order valence-corrected chi connectivity index (χ4v) is 1.61. The van der Waals surface area contributed by atoms with Crippen molar-refractivity contribution < 1.29 is 29.7 Å². The lowest BCUT2D eigenvalue weighted by Gasteiger charge is -2.12. The molecule has 0 bridgehead atoms. The van der Waals surface area contributed by atoms with E-state index in [0.29, 0.717) is 5.56 Å². The van der Waals surface area contributed by atoms with E-state index in [2.05, 4.69) is 5.32 Å². The summed E-state index contributed by atoms with van der Waals surface area (Å²) in [5.74, 6) is -3.23. The number of phenolic OH excluding ortho intramolecular Hbond substituents is 1. The second-order valence-corrected chi connectivity index (χ2v) is 4.18. The van der Waals surface area contributed by atoms with Gasteiger partial charge in [-0.3, -0.25) is 9.59 Å². The maximum atomic E-state index is 11.6. The van der Waals surface area contributed by atoms with Crippen molar-refractivity contribution in [3.8, 4) is 5.75 Å². The van der Waals surface area contributed by atoms with E-state index in [9.17, 15) is 19.5 Å². The summed E-state index contributed by atoms with van der Waals surface area (Å²) in [4.78, 5) is 32.8. The number of aryl methyl sites for hydroxylation is 1. The Labute approximate surface area is 114 Å². The number of para-hydroxylation sites is 1. The SMILES string of the molecule is O=C(O)C[C@H](NC(=O)CCc1ccccc1O)C(=O)O. The van der Waals surface area contributed by atoms with E-state index < -0.39 is 30.3 Å². The summed E-state index contributed by atoms with van der Waals surface area (Å²) in [6.45, 7) is 0. The number of hydrogen-bond acceptors (Lipinski definition) is 4. The molecule has 1 aromatic rings. The van der Waals surface area contributed by atoms with E-state index >= 15 is 0 Å². The number of phenols is 1. The molecule has 20 heavy (non-hydrogen) atoms. The lowest BCUT2D eigenvalue weighted by molar-refractivity contribution is -0.147. The van der Waals surface area contributed by atoms with Gasteiger partial charge in [0, 0.05) is 6.42 Å². The van der Waals surface area contributed by atoms with Gasteiger partial charge in [-0.2, -0.15) is 0 Å². The Morgan fingerprint density at radius 3 is 2.35 bits per heavy atom. The molecule has 0 aliphatic heterocycles. The van der Waals surface area contributed by atoms with Crippen molar-refractivity contribution in [2.24, 2.45) is 0 Å². The number of aliphatic carboxylic acids is 2. The number of hydrogen-bond donors (Lipinski definition) is 4. The lowest BCUT2D eigenvalue weighted by atomic mass is 10.1. The molecule has 1 rings (SSSR count). The minimum Gasteiger partial charge on any atom is -0.508 e. The quantitative estimate of drug-likeness (QED) is 0.572. The fraction of sp³-hybridized carbons (Fsp3) is 0.308. The van der Waals surface area contributed by atoms with Crippen LogP contribution >= 0.6 is 0 Å². The summed E-state index contributed by atoms with van der Waals surface area (Å²) < 4.78 is 0. The van der Waals surface area contributed by atoms with Gasteiger partial charge in [0.2, 0.25) is 5.91 Å². The average Bonchev–Trinajstić information content (AvgIpc) is 2.36. The van der Waals surface area contributed by atoms with Gasteiger partial charge in [-0.05, 0) is 18.1 Å². The van der Waals surface area contributed by atoms with Crippen LogP contribution in [0, 0.1) is 0 Å². The molecule has 1 aromatic carbocycles. The van der Waals surface area contributed by atoms with Crippen molar-refractivity contribution in [1.82, 2.24) is 5.32 Å². The molecule has 0 spiro atoms. The molecule has 0 radical (unpaired) electrons. The topological polar surface area (TPSA) is 124 Å². The van der Waals surface area contributed by atoms with E-state index in [-0.39, 0.29) is 18.6 Å². The Kier molecular flexibility index (Phi) is 5.52. The third-order valence-corrected chi connectivity index (χ3v) is 2.63. The maximum Gasteiger partial charge on any atom is 0.326 e. The van der Waals surface area contributed by atoms with Crippen molar-refractivity contribution in [3.63, 3.8) is 0 Å². The van der Waals surface area contributed by atoms with Gasteiger partial charge < -0.3 is 20.6 Å². The van der Waals surface area contributed by atoms with Crippen LogP contribution in [0.3, 0.4) is 0 Å². The van der Waals surface area contributed by atoms with E-state index in [1.807, 2.05) is 0 Å². The van der Waals surface area contributed by atoms with Crippen LogP contribution in [0.25, 0.3) is 0 Å². The molecule has 7 nitrogen and oxygen atoms in total. The van der Waals surface area contributed by atoms with E-state index in [1.54, 1.807) is 18.2 Å². The average molecular weight is 281 g/mol. The molecule has 0 fully saturated rings. The second kappa shape index (κ2) is 7.13. The lowest BCUT2D eigenvalue weighted by Crippen LogP contribution is -2.42. The number of amides is 1. The molecule has 4 N–H and O–H groups in total. The second-order valence-electron chi connectivity index (χ2n) is 4.18. The Morgan fingerprint density at radius 1 is 1.15 bits per heavy atom. The monoisotopic (exact) mass is 281 g/mol. The Balaban J connectivity index is 2.52. The van der Waals surface area contributed by atoms with E-state index in [0.717, 1.165) is 0 Å². The Morgan fingerprint density at radius 2 is 1.80 bits per heavy atom. The molecule has 108 valence electrons. The summed E-state index contributed by atoms with van der Waals surface area (Å²) in [6, 6.07) is 5.03. The highest BCUT2D eigenvalue weighted by molar-refractivity contribution is 5.86. The smallest absolute Gasteiger partial charge is 0.326 e. The van der Waals surface area contributed by atoms with Gasteiger partial charge in [-0.15, -0.1) is 0 Å². The Hall–Kier alpha value is -2.57. The number of carbonyl (C=O) groups excluding carboxylic acids is 1. The molecular formula is C13H15NO6. The van der Waals surface area contributed by atoms with Gasteiger partial charge in [0.25, 0.3) is 0 Å². The number of nitrogens with one attached hydrogen (secondary N) is 1. The number of carboxylic acids is 2. The van der Waals surface area contributed by atoms with Crippen LogP contribution in [0.1, 0.15) is 18.4 Å². The highest BCUT2D eigenvalue weighted by atomic mass is 16.4. The minimum absolute atomic E-state index is 0.0407. The number of rotatable bonds is 7. The van der Waals surface area contributed by atoms with E-state index in [4.69, 9.17) is 10.2 Å². The van der Waals surface area contributed by atoms with Crippen molar-refractivity contribution in [1.29, 1.82) is 0 Å². The van der Waals surface area contributed by atoms with Crippen molar-refractivity contribution in [2.45, 2.75) is 25.3 Å². The molecule has 1 atom stereocenters. The molecule has 0 unspecified atom stereocenters. The predicted octanol–water partition coefficient (Wildman–Crippen LogP) is 0.369. The molecule has 0 aromatic heterocycles. The molecule has 7 heteroatoms. The van der Waals surface area contributed by atoms with Crippen LogP contribution in [0.5, 0.6) is 5.75 Å². The first-order valence-electron chi connectivity index (χ1n) is 5.91. The zero-order valence-electron chi connectivity index (χ0n) is 10.6. The number of carbonyl (C=O) groups is 3. The zero-order valence-corrected chi connectivity index (χ0v) is 10.6. The van der Waals surface area contributed by atoms with Crippen LogP contribution in [-0.4, -0.2) is 39.2 Å². The summed E-state index contributed by atoms with van der Waals surface area (Å²) in [7, 11) is 0. The third-order valence-electron chi connectivity index (χ3n) is 2.63. The van der Waals surface area contributed by atoms with Gasteiger partial charge >= 0.3 is 11.9 Å². The van der Waals surface area contributed by atoms with Crippen LogP contribution in [0.4, 0.5) is 0 Å². The summed E-state index contributed by atoms with van der Waals surface area (Å²) in [6.07, 6.45) is -0.490. The molecular weight excluding hydrogens is 266 g/mol. The van der Waals surface area contributed by atoms with Crippen molar-refractivity contribution in [3.05, 3.63) is 29.8 Å². The summed E-state index contributed by atoms with van der Waals surface area (Å²) in [5.41, 5.74) is 0.563. The molecule has 0 aliphatic rings. The molecule has 0 saturated carbocycles. The fourth-order valence-electron chi connectivity index (χ4n) is 1.61. The number of aromatic hydroxyl groups is 1. The van der Waals surface area contributed by atoms with Gasteiger partial charge in [-0.25, -0.2) is 4.79 Å². The van der Waals surface area contributed by atoms with Gasteiger partial charge in [-0.1, -0.05) is 18.2 Å². The van der Waals surface area contributed by atoms with Crippen LogP contribution in [-0.2, 0) is 20.8 Å². The predicted molar refractivity (Wildman–Crippen MR) is 68.2 cm³/mol. The van der Waals surface area contributed by atoms with Crippen LogP contribution in [0.2, 0.25) is 0 Å². The van der Waals surface area contributed by atoms with Gasteiger partial charge in [0.15, 0.2) is 0 Å². The molecule has 0 aliphatic carbocycles.